The van der Waals surface area contributed by atoms with E-state index in [0.717, 1.165) is 55.7 Å². The molecule has 0 spiro atoms. The van der Waals surface area contributed by atoms with E-state index in [4.69, 9.17) is 4.74 Å². The molecule has 162 valence electrons. The van der Waals surface area contributed by atoms with Crippen LogP contribution < -0.4 is 5.32 Å². The third kappa shape index (κ3) is 5.31. The average molecular weight is 421 g/mol. The Bertz CT molecular complexity index is 1050. The Morgan fingerprint density at radius 3 is 2.61 bits per heavy atom. The lowest BCUT2D eigenvalue weighted by Crippen LogP contribution is -2.36. The summed E-state index contributed by atoms with van der Waals surface area (Å²) in [6, 6.07) is 15.2. The topological polar surface area (TPSA) is 77.7 Å². The van der Waals surface area contributed by atoms with Gasteiger partial charge in [0, 0.05) is 42.4 Å². The van der Waals surface area contributed by atoms with Crippen LogP contribution >= 0.6 is 0 Å². The van der Waals surface area contributed by atoms with Crippen LogP contribution in [0.2, 0.25) is 0 Å². The number of amides is 1. The standard InChI is InChI=1S/C24H28N4O3/c1-31-24(30)18-8-9-21-19(15-25-22(21)14-18)16-27-10-5-11-28(13-12-27)17-23(29)26-20-6-3-2-4-7-20/h2-4,6-9,14-15,25H,5,10-13,16-17H2,1H3,(H,26,29). The molecule has 1 aromatic heterocycles. The van der Waals surface area contributed by atoms with Crippen molar-refractivity contribution >= 4 is 28.5 Å². The molecule has 7 heteroatoms. The highest BCUT2D eigenvalue weighted by molar-refractivity contribution is 5.95. The number of benzene rings is 2. The summed E-state index contributed by atoms with van der Waals surface area (Å²) in [5.41, 5.74) is 3.52. The van der Waals surface area contributed by atoms with Crippen LogP contribution in [0.25, 0.3) is 10.9 Å². The Morgan fingerprint density at radius 2 is 1.81 bits per heavy atom. The van der Waals surface area contributed by atoms with E-state index in [2.05, 4.69) is 20.1 Å². The predicted octanol–water partition coefficient (Wildman–Crippen LogP) is 3.10. The number of H-pyrrole nitrogens is 1. The molecule has 0 atom stereocenters. The largest absolute Gasteiger partial charge is 0.465 e. The second kappa shape index (κ2) is 9.76. The molecule has 1 amide bonds. The molecule has 1 aliphatic rings. The molecule has 4 rings (SSSR count). The van der Waals surface area contributed by atoms with Gasteiger partial charge in [-0.2, -0.15) is 0 Å². The van der Waals surface area contributed by atoms with E-state index in [1.807, 2.05) is 48.7 Å². The van der Waals surface area contributed by atoms with Crippen molar-refractivity contribution in [2.45, 2.75) is 13.0 Å². The molecule has 2 aromatic carbocycles. The minimum absolute atomic E-state index is 0.0256. The Morgan fingerprint density at radius 1 is 1.03 bits per heavy atom. The predicted molar refractivity (Wildman–Crippen MR) is 121 cm³/mol. The van der Waals surface area contributed by atoms with Crippen LogP contribution in [0.1, 0.15) is 22.3 Å². The SMILES string of the molecule is COC(=O)c1ccc2c(CN3CCCN(CC(=O)Nc4ccccc4)CC3)c[nH]c2c1. The summed E-state index contributed by atoms with van der Waals surface area (Å²) in [5, 5.41) is 4.08. The van der Waals surface area contributed by atoms with Crippen molar-refractivity contribution in [3.05, 3.63) is 65.9 Å². The number of esters is 1. The average Bonchev–Trinajstić information content (AvgIpc) is 3.05. The zero-order chi connectivity index (χ0) is 21.6. The van der Waals surface area contributed by atoms with Gasteiger partial charge in [-0.05, 0) is 49.3 Å². The first-order chi connectivity index (χ1) is 15.1. The molecule has 31 heavy (non-hydrogen) atoms. The highest BCUT2D eigenvalue weighted by Crippen LogP contribution is 2.22. The number of para-hydroxylation sites is 1. The zero-order valence-corrected chi connectivity index (χ0v) is 17.8. The number of hydrogen-bond acceptors (Lipinski definition) is 5. The number of rotatable bonds is 6. The number of anilines is 1. The number of fused-ring (bicyclic) bond motifs is 1. The summed E-state index contributed by atoms with van der Waals surface area (Å²) >= 11 is 0. The number of methoxy groups -OCH3 is 1. The normalized spacial score (nSPS) is 15.5. The Balaban J connectivity index is 1.33. The second-order valence-corrected chi connectivity index (χ2v) is 7.89. The fourth-order valence-electron chi connectivity index (χ4n) is 4.07. The molecule has 0 radical (unpaired) electrons. The summed E-state index contributed by atoms with van der Waals surface area (Å²) in [6.45, 7) is 4.91. The van der Waals surface area contributed by atoms with Gasteiger partial charge < -0.3 is 15.0 Å². The molecule has 0 bridgehead atoms. The van der Waals surface area contributed by atoms with Crippen molar-refractivity contribution < 1.29 is 14.3 Å². The minimum Gasteiger partial charge on any atom is -0.465 e. The maximum Gasteiger partial charge on any atom is 0.337 e. The van der Waals surface area contributed by atoms with E-state index in [1.54, 1.807) is 6.07 Å². The molecule has 2 N–H and O–H groups in total. The highest BCUT2D eigenvalue weighted by atomic mass is 16.5. The number of nitrogens with one attached hydrogen (secondary N) is 2. The third-order valence-corrected chi connectivity index (χ3v) is 5.69. The van der Waals surface area contributed by atoms with E-state index in [9.17, 15) is 9.59 Å². The Labute approximate surface area is 182 Å². The van der Waals surface area contributed by atoms with Crippen LogP contribution in [0, 0.1) is 0 Å². The van der Waals surface area contributed by atoms with Crippen molar-refractivity contribution in [3.63, 3.8) is 0 Å². The summed E-state index contributed by atoms with van der Waals surface area (Å²) in [6.07, 6.45) is 3.04. The van der Waals surface area contributed by atoms with E-state index < -0.39 is 0 Å². The van der Waals surface area contributed by atoms with E-state index in [1.165, 1.54) is 12.7 Å². The number of aromatic nitrogens is 1. The first kappa shape index (κ1) is 21.1. The van der Waals surface area contributed by atoms with Crippen LogP contribution in [-0.2, 0) is 16.1 Å². The molecular formula is C24H28N4O3. The smallest absolute Gasteiger partial charge is 0.337 e. The van der Waals surface area contributed by atoms with Gasteiger partial charge in [0.05, 0.1) is 19.2 Å². The number of aromatic amines is 1. The van der Waals surface area contributed by atoms with Crippen LogP contribution in [0.4, 0.5) is 5.69 Å². The van der Waals surface area contributed by atoms with Crippen LogP contribution in [0.15, 0.2) is 54.7 Å². The number of carbonyl (C=O) groups is 2. The van der Waals surface area contributed by atoms with Crippen molar-refractivity contribution in [2.75, 3.05) is 45.2 Å². The fourth-order valence-corrected chi connectivity index (χ4v) is 4.07. The molecule has 0 aliphatic carbocycles. The number of hydrogen-bond donors (Lipinski definition) is 2. The van der Waals surface area contributed by atoms with Gasteiger partial charge in [0.2, 0.25) is 5.91 Å². The zero-order valence-electron chi connectivity index (χ0n) is 17.8. The lowest BCUT2D eigenvalue weighted by molar-refractivity contribution is -0.117. The van der Waals surface area contributed by atoms with E-state index >= 15 is 0 Å². The van der Waals surface area contributed by atoms with Crippen molar-refractivity contribution in [1.29, 1.82) is 0 Å². The van der Waals surface area contributed by atoms with Gasteiger partial charge >= 0.3 is 5.97 Å². The van der Waals surface area contributed by atoms with Crippen LogP contribution in [0.5, 0.6) is 0 Å². The van der Waals surface area contributed by atoms with Crippen molar-refractivity contribution in [3.8, 4) is 0 Å². The first-order valence-electron chi connectivity index (χ1n) is 10.6. The maximum atomic E-state index is 12.4. The van der Waals surface area contributed by atoms with Gasteiger partial charge in [-0.3, -0.25) is 14.6 Å². The molecule has 2 heterocycles. The van der Waals surface area contributed by atoms with Gasteiger partial charge in [-0.15, -0.1) is 0 Å². The van der Waals surface area contributed by atoms with Gasteiger partial charge in [0.1, 0.15) is 0 Å². The van der Waals surface area contributed by atoms with Gasteiger partial charge in [0.25, 0.3) is 0 Å². The molecule has 3 aromatic rings. The number of ether oxygens (including phenoxy) is 1. The molecule has 0 saturated carbocycles. The van der Waals surface area contributed by atoms with Gasteiger partial charge in [-0.1, -0.05) is 24.3 Å². The first-order valence-corrected chi connectivity index (χ1v) is 10.6. The lowest BCUT2D eigenvalue weighted by Gasteiger charge is -2.21. The minimum atomic E-state index is -0.332. The van der Waals surface area contributed by atoms with Crippen LogP contribution in [-0.4, -0.2) is 66.5 Å². The summed E-state index contributed by atoms with van der Waals surface area (Å²) in [4.78, 5) is 32.0. The summed E-state index contributed by atoms with van der Waals surface area (Å²) in [7, 11) is 1.39. The molecule has 0 unspecified atom stereocenters. The number of carbonyl (C=O) groups excluding carboxylic acids is 2. The summed E-state index contributed by atoms with van der Waals surface area (Å²) in [5.74, 6) is -0.306. The fraction of sp³-hybridized carbons (Fsp3) is 0.333. The van der Waals surface area contributed by atoms with Crippen LogP contribution in [0.3, 0.4) is 0 Å². The summed E-state index contributed by atoms with van der Waals surface area (Å²) < 4.78 is 4.80. The molecular weight excluding hydrogens is 392 g/mol. The van der Waals surface area contributed by atoms with Crippen molar-refractivity contribution in [2.24, 2.45) is 0 Å². The Kier molecular flexibility index (Phi) is 6.64. The molecule has 1 fully saturated rings. The molecule has 1 saturated heterocycles. The third-order valence-electron chi connectivity index (χ3n) is 5.69. The molecule has 7 nitrogen and oxygen atoms in total. The second-order valence-electron chi connectivity index (χ2n) is 7.89. The van der Waals surface area contributed by atoms with Gasteiger partial charge in [-0.25, -0.2) is 4.79 Å². The number of nitrogens with zero attached hydrogens (tertiary/aromatic N) is 2. The van der Waals surface area contributed by atoms with E-state index in [-0.39, 0.29) is 11.9 Å². The maximum absolute atomic E-state index is 12.4. The Hall–Kier alpha value is -3.16. The van der Waals surface area contributed by atoms with Gasteiger partial charge in [0.15, 0.2) is 0 Å². The highest BCUT2D eigenvalue weighted by Gasteiger charge is 2.18. The van der Waals surface area contributed by atoms with Crippen molar-refractivity contribution in [1.82, 2.24) is 14.8 Å². The van der Waals surface area contributed by atoms with E-state index in [0.29, 0.717) is 12.1 Å². The lowest BCUT2D eigenvalue weighted by atomic mass is 10.1. The quantitative estimate of drug-likeness (QED) is 0.599. The monoisotopic (exact) mass is 420 g/mol. The molecule has 1 aliphatic heterocycles.